The van der Waals surface area contributed by atoms with Crippen LogP contribution in [0.5, 0.6) is 0 Å². The first kappa shape index (κ1) is 14.9. The Hall–Kier alpha value is -1.46. The fraction of sp³-hybridized carbons (Fsp3) is 0.357. The zero-order valence-corrected chi connectivity index (χ0v) is 12.9. The molecule has 0 aliphatic carbocycles. The molecular weight excluding hydrogens is 294 g/mol. The fourth-order valence-electron chi connectivity index (χ4n) is 1.75. The van der Waals surface area contributed by atoms with Gasteiger partial charge in [-0.1, -0.05) is 48.6 Å². The van der Waals surface area contributed by atoms with Gasteiger partial charge in [0.15, 0.2) is 0 Å². The van der Waals surface area contributed by atoms with Crippen LogP contribution in [0.15, 0.2) is 30.3 Å². The highest BCUT2D eigenvalue weighted by molar-refractivity contribution is 7.15. The zero-order valence-electron chi connectivity index (χ0n) is 11.3. The Morgan fingerprint density at radius 2 is 2.00 bits per heavy atom. The number of rotatable bonds is 5. The number of carbonyl (C=O) groups is 1. The number of nitrogens with zero attached hydrogens (tertiary/aromatic N) is 2. The molecule has 0 saturated heterocycles. The molecule has 6 heteroatoms. The molecule has 0 unspecified atom stereocenters. The van der Waals surface area contributed by atoms with Crippen LogP contribution in [-0.4, -0.2) is 21.5 Å². The van der Waals surface area contributed by atoms with Crippen molar-refractivity contribution in [1.29, 1.82) is 0 Å². The van der Waals surface area contributed by atoms with Gasteiger partial charge in [-0.05, 0) is 18.4 Å². The average Bonchev–Trinajstić information content (AvgIpc) is 2.86. The minimum Gasteiger partial charge on any atom is -0.299 e. The molecule has 20 heavy (non-hydrogen) atoms. The lowest BCUT2D eigenvalue weighted by Crippen LogP contribution is -2.20. The van der Waals surface area contributed by atoms with E-state index in [0.29, 0.717) is 11.0 Å². The average molecular weight is 310 g/mol. The van der Waals surface area contributed by atoms with Crippen LogP contribution in [-0.2, 0) is 11.2 Å². The number of anilines is 1. The molecule has 0 radical (unpaired) electrons. The first-order chi connectivity index (χ1) is 9.56. The minimum atomic E-state index is -0.578. The van der Waals surface area contributed by atoms with Crippen LogP contribution in [0.25, 0.3) is 0 Å². The molecule has 0 bridgehead atoms. The first-order valence-corrected chi connectivity index (χ1v) is 7.64. The van der Waals surface area contributed by atoms with Crippen LogP contribution in [0.2, 0.25) is 0 Å². The number of benzene rings is 1. The number of carbonyl (C=O) groups excluding carboxylic acids is 1. The third-order valence-corrected chi connectivity index (χ3v) is 3.97. The van der Waals surface area contributed by atoms with E-state index in [2.05, 4.69) is 34.6 Å². The highest BCUT2D eigenvalue weighted by Gasteiger charge is 2.14. The third-order valence-electron chi connectivity index (χ3n) is 2.91. The highest BCUT2D eigenvalue weighted by atomic mass is 35.5. The molecule has 2 aromatic rings. The monoisotopic (exact) mass is 309 g/mol. The molecule has 1 heterocycles. The number of alkyl halides is 1. The Morgan fingerprint density at radius 3 is 2.65 bits per heavy atom. The molecule has 1 N–H and O–H groups in total. The van der Waals surface area contributed by atoms with Gasteiger partial charge >= 0.3 is 0 Å². The van der Waals surface area contributed by atoms with Crippen LogP contribution < -0.4 is 5.32 Å². The molecule has 0 aliphatic heterocycles. The molecule has 2 rings (SSSR count). The number of halogens is 1. The SMILES string of the molecule is C[C@@H](Cl)C(=O)Nc1nnc(C[C@H](C)c2ccccc2)s1. The van der Waals surface area contributed by atoms with E-state index in [1.54, 1.807) is 6.92 Å². The van der Waals surface area contributed by atoms with Crippen LogP contribution in [0.1, 0.15) is 30.3 Å². The molecule has 4 nitrogen and oxygen atoms in total. The Labute approximate surface area is 127 Å². The summed E-state index contributed by atoms with van der Waals surface area (Å²) in [5.74, 6) is 0.102. The van der Waals surface area contributed by atoms with Crippen molar-refractivity contribution in [2.24, 2.45) is 0 Å². The van der Waals surface area contributed by atoms with E-state index in [9.17, 15) is 4.79 Å². The maximum absolute atomic E-state index is 11.5. The normalized spacial score (nSPS) is 13.8. The molecule has 0 saturated carbocycles. The van der Waals surface area contributed by atoms with Gasteiger partial charge in [-0.2, -0.15) is 0 Å². The molecule has 0 spiro atoms. The summed E-state index contributed by atoms with van der Waals surface area (Å²) >= 11 is 7.08. The number of hydrogen-bond donors (Lipinski definition) is 1. The molecule has 1 amide bonds. The van der Waals surface area contributed by atoms with Crippen LogP contribution in [0.3, 0.4) is 0 Å². The molecule has 2 atom stereocenters. The Bertz CT molecular complexity index is 571. The van der Waals surface area contributed by atoms with Crippen molar-refractivity contribution >= 4 is 34.0 Å². The Kier molecular flexibility index (Phi) is 5.09. The smallest absolute Gasteiger partial charge is 0.243 e. The summed E-state index contributed by atoms with van der Waals surface area (Å²) in [4.78, 5) is 11.5. The van der Waals surface area contributed by atoms with Gasteiger partial charge in [0.2, 0.25) is 11.0 Å². The summed E-state index contributed by atoms with van der Waals surface area (Å²) < 4.78 is 0. The maximum Gasteiger partial charge on any atom is 0.243 e. The summed E-state index contributed by atoms with van der Waals surface area (Å²) in [5.41, 5.74) is 1.27. The topological polar surface area (TPSA) is 54.9 Å². The molecule has 1 aromatic heterocycles. The summed E-state index contributed by atoms with van der Waals surface area (Å²) in [6, 6.07) is 10.3. The molecular formula is C14H16ClN3OS. The second-order valence-corrected chi connectivity index (χ2v) is 6.34. The van der Waals surface area contributed by atoms with E-state index in [-0.39, 0.29) is 5.91 Å². The zero-order chi connectivity index (χ0) is 14.5. The summed E-state index contributed by atoms with van der Waals surface area (Å²) in [7, 11) is 0. The minimum absolute atomic E-state index is 0.259. The first-order valence-electron chi connectivity index (χ1n) is 6.38. The van der Waals surface area contributed by atoms with Crippen molar-refractivity contribution in [2.45, 2.75) is 31.6 Å². The lowest BCUT2D eigenvalue weighted by molar-refractivity contribution is -0.115. The van der Waals surface area contributed by atoms with Gasteiger partial charge in [0.25, 0.3) is 0 Å². The van der Waals surface area contributed by atoms with Crippen molar-refractivity contribution in [3.8, 4) is 0 Å². The predicted octanol–water partition coefficient (Wildman–Crippen LogP) is 3.45. The molecule has 1 aromatic carbocycles. The largest absolute Gasteiger partial charge is 0.299 e. The lowest BCUT2D eigenvalue weighted by atomic mass is 9.98. The van der Waals surface area contributed by atoms with Crippen molar-refractivity contribution in [3.05, 3.63) is 40.9 Å². The summed E-state index contributed by atoms with van der Waals surface area (Å²) in [5, 5.41) is 11.5. The van der Waals surface area contributed by atoms with E-state index in [1.807, 2.05) is 18.2 Å². The number of amides is 1. The van der Waals surface area contributed by atoms with Gasteiger partial charge in [0.1, 0.15) is 10.4 Å². The lowest BCUT2D eigenvalue weighted by Gasteiger charge is -2.08. The third kappa shape index (κ3) is 4.02. The summed E-state index contributed by atoms with van der Waals surface area (Å²) in [6.07, 6.45) is 0.800. The van der Waals surface area contributed by atoms with E-state index in [1.165, 1.54) is 16.9 Å². The van der Waals surface area contributed by atoms with E-state index in [4.69, 9.17) is 11.6 Å². The quantitative estimate of drug-likeness (QED) is 0.861. The van der Waals surface area contributed by atoms with Crippen LogP contribution >= 0.6 is 22.9 Å². The second kappa shape index (κ2) is 6.81. The Balaban J connectivity index is 1.98. The van der Waals surface area contributed by atoms with Crippen molar-refractivity contribution in [2.75, 3.05) is 5.32 Å². The molecule has 106 valence electrons. The number of nitrogens with one attached hydrogen (secondary N) is 1. The fourth-order valence-corrected chi connectivity index (χ4v) is 2.68. The molecule has 0 aliphatic rings. The highest BCUT2D eigenvalue weighted by Crippen LogP contribution is 2.24. The van der Waals surface area contributed by atoms with Crippen LogP contribution in [0.4, 0.5) is 5.13 Å². The summed E-state index contributed by atoms with van der Waals surface area (Å²) in [6.45, 7) is 3.77. The van der Waals surface area contributed by atoms with Gasteiger partial charge in [0.05, 0.1) is 0 Å². The van der Waals surface area contributed by atoms with Gasteiger partial charge in [-0.15, -0.1) is 21.8 Å². The van der Waals surface area contributed by atoms with E-state index >= 15 is 0 Å². The van der Waals surface area contributed by atoms with Crippen molar-refractivity contribution in [3.63, 3.8) is 0 Å². The Morgan fingerprint density at radius 1 is 1.30 bits per heavy atom. The van der Waals surface area contributed by atoms with Crippen molar-refractivity contribution < 1.29 is 4.79 Å². The molecule has 0 fully saturated rings. The van der Waals surface area contributed by atoms with E-state index < -0.39 is 5.38 Å². The van der Waals surface area contributed by atoms with E-state index in [0.717, 1.165) is 11.4 Å². The second-order valence-electron chi connectivity index (χ2n) is 4.62. The predicted molar refractivity (Wildman–Crippen MR) is 82.4 cm³/mol. The van der Waals surface area contributed by atoms with Crippen molar-refractivity contribution in [1.82, 2.24) is 10.2 Å². The van der Waals surface area contributed by atoms with Gasteiger partial charge < -0.3 is 0 Å². The standard InChI is InChI=1S/C14H16ClN3OS/c1-9(11-6-4-3-5-7-11)8-12-17-18-14(20-12)16-13(19)10(2)15/h3-7,9-10H,8H2,1-2H3,(H,16,18,19)/t9-,10+/m0/s1. The van der Waals surface area contributed by atoms with Gasteiger partial charge in [0, 0.05) is 6.42 Å². The maximum atomic E-state index is 11.5. The number of hydrogen-bond acceptors (Lipinski definition) is 4. The van der Waals surface area contributed by atoms with Crippen LogP contribution in [0, 0.1) is 0 Å². The van der Waals surface area contributed by atoms with Gasteiger partial charge in [-0.3, -0.25) is 10.1 Å². The number of aromatic nitrogens is 2. The van der Waals surface area contributed by atoms with Gasteiger partial charge in [-0.25, -0.2) is 0 Å².